The Hall–Kier alpha value is -5.19. The molecule has 2 aromatic carbocycles. The van der Waals surface area contributed by atoms with Gasteiger partial charge in [0, 0.05) is 42.7 Å². The average Bonchev–Trinajstić information content (AvgIpc) is 3.52. The van der Waals surface area contributed by atoms with Crippen LogP contribution in [0.3, 0.4) is 0 Å². The number of urea groups is 1. The van der Waals surface area contributed by atoms with E-state index in [1.54, 1.807) is 53.5 Å². The van der Waals surface area contributed by atoms with Gasteiger partial charge in [-0.3, -0.25) is 9.48 Å². The molecule has 0 aliphatic heterocycles. The molecule has 192 valence electrons. The highest BCUT2D eigenvalue weighted by atomic mass is 16.5. The molecule has 38 heavy (non-hydrogen) atoms. The second-order valence-corrected chi connectivity index (χ2v) is 8.76. The summed E-state index contributed by atoms with van der Waals surface area (Å²) in [7, 11) is 0. The molecule has 0 aliphatic rings. The molecule has 0 fully saturated rings. The Morgan fingerprint density at radius 3 is 2.53 bits per heavy atom. The molecule has 0 saturated carbocycles. The number of ether oxygens (including phenoxy) is 1. The number of oxazole rings is 1. The minimum absolute atomic E-state index is 0.102. The maximum Gasteiger partial charge on any atom is 0.323 e. The van der Waals surface area contributed by atoms with Gasteiger partial charge in [0.1, 0.15) is 28.5 Å². The minimum Gasteiger partial charge on any atom is -0.457 e. The molecule has 0 aliphatic carbocycles. The highest BCUT2D eigenvalue weighted by Crippen LogP contribution is 2.30. The van der Waals surface area contributed by atoms with E-state index < -0.39 is 6.03 Å². The van der Waals surface area contributed by atoms with Crippen molar-refractivity contribution in [2.24, 2.45) is 0 Å². The molecule has 11 nitrogen and oxygen atoms in total. The summed E-state index contributed by atoms with van der Waals surface area (Å²) in [4.78, 5) is 32.4. The van der Waals surface area contributed by atoms with E-state index in [1.165, 1.54) is 13.3 Å². The fourth-order valence-corrected chi connectivity index (χ4v) is 3.72. The first-order chi connectivity index (χ1) is 18.3. The third kappa shape index (κ3) is 5.62. The number of aromatic nitrogens is 4. The number of nitrogens with zero attached hydrogens (tertiary/aromatic N) is 4. The minimum atomic E-state index is -0.417. The van der Waals surface area contributed by atoms with Crippen molar-refractivity contribution in [3.8, 4) is 22.8 Å². The van der Waals surface area contributed by atoms with E-state index >= 15 is 0 Å². The molecule has 3 N–H and O–H groups in total. The number of amides is 3. The quantitative estimate of drug-likeness (QED) is 0.241. The van der Waals surface area contributed by atoms with Gasteiger partial charge in [0.25, 0.3) is 0 Å². The lowest BCUT2D eigenvalue weighted by atomic mass is 10.1. The van der Waals surface area contributed by atoms with Crippen LogP contribution in [-0.4, -0.2) is 31.7 Å². The third-order valence-electron chi connectivity index (χ3n) is 5.50. The van der Waals surface area contributed by atoms with Crippen LogP contribution in [0.15, 0.2) is 77.8 Å². The molecular weight excluding hydrogens is 486 g/mol. The Balaban J connectivity index is 1.28. The van der Waals surface area contributed by atoms with Gasteiger partial charge >= 0.3 is 6.03 Å². The SMILES string of the molecule is CC(=O)Nc1cc(Oc2ccc(NC(=O)Nc3cn(C(C)C)nc3-c3ccc4ocnc4c3)cc2)ccn1. The lowest BCUT2D eigenvalue weighted by Gasteiger charge is -2.10. The van der Waals surface area contributed by atoms with Gasteiger partial charge in [-0.15, -0.1) is 0 Å². The normalized spacial score (nSPS) is 10.9. The molecule has 3 heterocycles. The van der Waals surface area contributed by atoms with Crippen LogP contribution in [0.25, 0.3) is 22.4 Å². The predicted octanol–water partition coefficient (Wildman–Crippen LogP) is 6.06. The summed E-state index contributed by atoms with van der Waals surface area (Å²) in [5.41, 5.74) is 3.95. The zero-order chi connectivity index (χ0) is 26.6. The molecule has 0 spiro atoms. The first-order valence-electron chi connectivity index (χ1n) is 11.9. The molecule has 3 aromatic heterocycles. The van der Waals surface area contributed by atoms with Gasteiger partial charge in [-0.2, -0.15) is 5.10 Å². The lowest BCUT2D eigenvalue weighted by molar-refractivity contribution is -0.114. The zero-order valence-corrected chi connectivity index (χ0v) is 20.9. The number of anilines is 3. The smallest absolute Gasteiger partial charge is 0.323 e. The molecule has 11 heteroatoms. The van der Waals surface area contributed by atoms with Crippen molar-refractivity contribution in [3.05, 3.63) is 73.4 Å². The number of carbonyl (C=O) groups excluding carboxylic acids is 2. The van der Waals surface area contributed by atoms with Crippen LogP contribution in [0.2, 0.25) is 0 Å². The van der Waals surface area contributed by atoms with E-state index in [2.05, 4.69) is 31.0 Å². The van der Waals surface area contributed by atoms with E-state index in [9.17, 15) is 9.59 Å². The standard InChI is InChI=1S/C27H25N7O4/c1-16(2)34-14-23(26(33-34)18-4-9-24-22(12-18)29-15-37-24)32-27(36)31-19-5-7-20(8-6-19)38-21-10-11-28-25(13-21)30-17(3)35/h4-16H,1-3H3,(H,28,30,35)(H2,31,32,36). The molecule has 5 aromatic rings. The van der Waals surface area contributed by atoms with Crippen LogP contribution in [0.1, 0.15) is 26.8 Å². The number of fused-ring (bicyclic) bond motifs is 1. The fraction of sp³-hybridized carbons (Fsp3) is 0.148. The summed E-state index contributed by atoms with van der Waals surface area (Å²) in [6.45, 7) is 5.43. The van der Waals surface area contributed by atoms with Crippen LogP contribution in [-0.2, 0) is 4.79 Å². The highest BCUT2D eigenvalue weighted by Gasteiger charge is 2.16. The summed E-state index contributed by atoms with van der Waals surface area (Å²) in [6.07, 6.45) is 4.73. The Morgan fingerprint density at radius 2 is 1.76 bits per heavy atom. The maximum absolute atomic E-state index is 12.9. The second kappa shape index (κ2) is 10.4. The predicted molar refractivity (Wildman–Crippen MR) is 143 cm³/mol. The summed E-state index contributed by atoms with van der Waals surface area (Å²) in [5, 5.41) is 13.0. The first-order valence-corrected chi connectivity index (χ1v) is 11.9. The highest BCUT2D eigenvalue weighted by molar-refractivity contribution is 6.02. The monoisotopic (exact) mass is 511 g/mol. The van der Waals surface area contributed by atoms with E-state index in [0.29, 0.717) is 45.5 Å². The average molecular weight is 512 g/mol. The van der Waals surface area contributed by atoms with Gasteiger partial charge in [-0.1, -0.05) is 0 Å². The Bertz CT molecular complexity index is 1610. The van der Waals surface area contributed by atoms with E-state index in [1.807, 2.05) is 32.0 Å². The summed E-state index contributed by atoms with van der Waals surface area (Å²) in [6, 6.07) is 15.5. The molecule has 0 bridgehead atoms. The van der Waals surface area contributed by atoms with E-state index in [0.717, 1.165) is 5.56 Å². The zero-order valence-electron chi connectivity index (χ0n) is 20.9. The molecule has 3 amide bonds. The number of rotatable bonds is 7. The molecule has 0 radical (unpaired) electrons. The van der Waals surface area contributed by atoms with Crippen LogP contribution in [0.5, 0.6) is 11.5 Å². The second-order valence-electron chi connectivity index (χ2n) is 8.76. The number of nitrogens with one attached hydrogen (secondary N) is 3. The lowest BCUT2D eigenvalue weighted by Crippen LogP contribution is -2.19. The van der Waals surface area contributed by atoms with Crippen molar-refractivity contribution in [2.45, 2.75) is 26.8 Å². The van der Waals surface area contributed by atoms with Crippen LogP contribution in [0, 0.1) is 0 Å². The third-order valence-corrected chi connectivity index (χ3v) is 5.50. The van der Waals surface area contributed by atoms with Gasteiger partial charge in [0.2, 0.25) is 5.91 Å². The molecule has 5 rings (SSSR count). The number of benzene rings is 2. The van der Waals surface area contributed by atoms with Gasteiger partial charge in [-0.25, -0.2) is 14.8 Å². The van der Waals surface area contributed by atoms with Crippen molar-refractivity contribution in [1.82, 2.24) is 19.7 Å². The van der Waals surface area contributed by atoms with Crippen molar-refractivity contribution in [3.63, 3.8) is 0 Å². The van der Waals surface area contributed by atoms with Crippen molar-refractivity contribution >= 4 is 40.2 Å². The number of carbonyl (C=O) groups is 2. The van der Waals surface area contributed by atoms with E-state index in [-0.39, 0.29) is 11.9 Å². The summed E-state index contributed by atoms with van der Waals surface area (Å²) >= 11 is 0. The van der Waals surface area contributed by atoms with Crippen LogP contribution >= 0.6 is 0 Å². The van der Waals surface area contributed by atoms with Crippen LogP contribution < -0.4 is 20.7 Å². The number of hydrogen-bond acceptors (Lipinski definition) is 7. The van der Waals surface area contributed by atoms with Crippen molar-refractivity contribution in [2.75, 3.05) is 16.0 Å². The number of hydrogen-bond donors (Lipinski definition) is 3. The largest absolute Gasteiger partial charge is 0.457 e. The Kier molecular flexibility index (Phi) is 6.72. The molecular formula is C27H25N7O4. The summed E-state index contributed by atoms with van der Waals surface area (Å²) in [5.74, 6) is 1.24. The van der Waals surface area contributed by atoms with Gasteiger partial charge in [0.05, 0.1) is 5.69 Å². The molecule has 0 saturated heterocycles. The Labute approximate surface area is 217 Å². The summed E-state index contributed by atoms with van der Waals surface area (Å²) < 4.78 is 13.0. The van der Waals surface area contributed by atoms with Gasteiger partial charge in [-0.05, 0) is 62.4 Å². The van der Waals surface area contributed by atoms with Crippen LogP contribution in [0.4, 0.5) is 22.0 Å². The maximum atomic E-state index is 12.9. The van der Waals surface area contributed by atoms with Gasteiger partial charge < -0.3 is 25.1 Å². The Morgan fingerprint density at radius 1 is 0.947 bits per heavy atom. The number of pyridine rings is 1. The molecule has 0 atom stereocenters. The first kappa shape index (κ1) is 24.5. The fourth-order valence-electron chi connectivity index (χ4n) is 3.72. The van der Waals surface area contributed by atoms with Crippen molar-refractivity contribution < 1.29 is 18.7 Å². The van der Waals surface area contributed by atoms with Crippen molar-refractivity contribution in [1.29, 1.82) is 0 Å². The van der Waals surface area contributed by atoms with E-state index in [4.69, 9.17) is 9.15 Å². The topological polar surface area (TPSA) is 136 Å². The molecule has 0 unspecified atom stereocenters. The van der Waals surface area contributed by atoms with Gasteiger partial charge in [0.15, 0.2) is 12.0 Å².